The van der Waals surface area contributed by atoms with Crippen molar-refractivity contribution < 1.29 is 0 Å². The Morgan fingerprint density at radius 1 is 0.466 bits per heavy atom. The van der Waals surface area contributed by atoms with Crippen LogP contribution in [0.5, 0.6) is 0 Å². The standard InChI is InChI=1S/C57H55N/c1-53(2)26-27-54(3,4)52-40(14-11-17-48(52)53)35-18-20-37(21-19-35)58(39-22-24-43-41-12-7-9-15-45(41)55(5,6)49(43)32-39)38-23-25-47-44(31-38)42-13-8-10-16-46(42)57(47)50-29-34-28-36-30-51(57)56(36,50)33-34/h7-25,31-32,34,36,50-51H,26-30,33H2,1-6H3. The first-order chi connectivity index (χ1) is 27.9. The van der Waals surface area contributed by atoms with Crippen LogP contribution >= 0.6 is 0 Å². The number of hydrogen-bond donors (Lipinski definition) is 0. The molecule has 1 nitrogen and oxygen atoms in total. The molecule has 13 rings (SSSR count). The molecule has 0 aliphatic heterocycles. The Balaban J connectivity index is 0.973. The van der Waals surface area contributed by atoms with Gasteiger partial charge in [0.05, 0.1) is 0 Å². The van der Waals surface area contributed by atoms with Gasteiger partial charge in [-0.3, -0.25) is 0 Å². The van der Waals surface area contributed by atoms with Gasteiger partial charge >= 0.3 is 0 Å². The van der Waals surface area contributed by atoms with Crippen LogP contribution in [0.15, 0.2) is 127 Å². The van der Waals surface area contributed by atoms with Crippen LogP contribution in [0.3, 0.4) is 0 Å². The van der Waals surface area contributed by atoms with E-state index in [1.807, 2.05) is 0 Å². The third-order valence-electron chi connectivity index (χ3n) is 18.0. The van der Waals surface area contributed by atoms with Crippen LogP contribution in [0.25, 0.3) is 33.4 Å². The van der Waals surface area contributed by atoms with Crippen LogP contribution in [0.2, 0.25) is 0 Å². The van der Waals surface area contributed by atoms with Crippen molar-refractivity contribution in [2.75, 3.05) is 4.90 Å². The average Bonchev–Trinajstić information content (AvgIpc) is 3.92. The summed E-state index contributed by atoms with van der Waals surface area (Å²) in [4.78, 5) is 2.56. The van der Waals surface area contributed by atoms with Crippen molar-refractivity contribution in [3.8, 4) is 33.4 Å². The van der Waals surface area contributed by atoms with Crippen LogP contribution < -0.4 is 4.90 Å². The van der Waals surface area contributed by atoms with Crippen molar-refractivity contribution >= 4 is 17.1 Å². The smallest absolute Gasteiger partial charge is 0.0468 e. The van der Waals surface area contributed by atoms with Crippen molar-refractivity contribution in [3.63, 3.8) is 0 Å². The predicted molar refractivity (Wildman–Crippen MR) is 240 cm³/mol. The Morgan fingerprint density at radius 2 is 1.07 bits per heavy atom. The molecule has 2 bridgehead atoms. The van der Waals surface area contributed by atoms with Gasteiger partial charge in [-0.15, -0.1) is 0 Å². The molecule has 6 unspecified atom stereocenters. The highest BCUT2D eigenvalue weighted by molar-refractivity contribution is 5.90. The molecule has 0 saturated heterocycles. The summed E-state index contributed by atoms with van der Waals surface area (Å²) >= 11 is 0. The summed E-state index contributed by atoms with van der Waals surface area (Å²) < 4.78 is 0. The fourth-order valence-electron chi connectivity index (χ4n) is 15.5. The molecule has 4 saturated carbocycles. The summed E-state index contributed by atoms with van der Waals surface area (Å²) in [6.45, 7) is 14.6. The maximum absolute atomic E-state index is 2.59. The Kier molecular flexibility index (Phi) is 6.36. The molecule has 7 aliphatic carbocycles. The molecular weight excluding hydrogens is 699 g/mol. The minimum absolute atomic E-state index is 0.0742. The Hall–Kier alpha value is -4.88. The van der Waals surface area contributed by atoms with Gasteiger partial charge in [0, 0.05) is 27.9 Å². The minimum atomic E-state index is -0.0742. The lowest BCUT2D eigenvalue weighted by Gasteiger charge is -2.76. The molecule has 4 fully saturated rings. The van der Waals surface area contributed by atoms with E-state index < -0.39 is 0 Å². The summed E-state index contributed by atoms with van der Waals surface area (Å²) in [7, 11) is 0. The van der Waals surface area contributed by atoms with E-state index in [1.165, 1.54) is 111 Å². The van der Waals surface area contributed by atoms with Crippen molar-refractivity contribution in [3.05, 3.63) is 161 Å². The Bertz CT molecular complexity index is 2760. The van der Waals surface area contributed by atoms with Crippen molar-refractivity contribution in [2.24, 2.45) is 29.1 Å². The van der Waals surface area contributed by atoms with Crippen LogP contribution in [0.1, 0.15) is 113 Å². The van der Waals surface area contributed by atoms with E-state index in [-0.39, 0.29) is 21.7 Å². The largest absolute Gasteiger partial charge is 0.310 e. The molecule has 6 aromatic rings. The highest BCUT2D eigenvalue weighted by atomic mass is 15.1. The van der Waals surface area contributed by atoms with Gasteiger partial charge in [0.1, 0.15) is 0 Å². The first-order valence-electron chi connectivity index (χ1n) is 22.5. The number of rotatable bonds is 4. The van der Waals surface area contributed by atoms with Crippen LogP contribution in [-0.2, 0) is 21.7 Å². The van der Waals surface area contributed by atoms with Crippen molar-refractivity contribution in [1.82, 2.24) is 0 Å². The zero-order valence-electron chi connectivity index (χ0n) is 35.1. The highest BCUT2D eigenvalue weighted by Gasteiger charge is 2.84. The van der Waals surface area contributed by atoms with E-state index in [9.17, 15) is 0 Å². The lowest BCUT2D eigenvalue weighted by atomic mass is 9.27. The van der Waals surface area contributed by atoms with E-state index in [1.54, 1.807) is 11.1 Å². The number of anilines is 3. The zero-order chi connectivity index (χ0) is 39.1. The van der Waals surface area contributed by atoms with Gasteiger partial charge in [0.25, 0.3) is 0 Å². The molecule has 58 heavy (non-hydrogen) atoms. The quantitative estimate of drug-likeness (QED) is 0.173. The molecule has 288 valence electrons. The monoisotopic (exact) mass is 753 g/mol. The molecule has 0 radical (unpaired) electrons. The van der Waals surface area contributed by atoms with E-state index in [4.69, 9.17) is 0 Å². The molecule has 6 atom stereocenters. The molecule has 6 aromatic carbocycles. The van der Waals surface area contributed by atoms with Crippen LogP contribution in [0, 0.1) is 29.1 Å². The minimum Gasteiger partial charge on any atom is -0.310 e. The molecule has 0 N–H and O–H groups in total. The summed E-state index contributed by atoms with van der Waals surface area (Å²) in [5.41, 5.74) is 22.3. The Morgan fingerprint density at radius 3 is 1.86 bits per heavy atom. The molecule has 1 heteroatoms. The normalized spacial score (nSPS) is 29.7. The van der Waals surface area contributed by atoms with Gasteiger partial charge in [-0.2, -0.15) is 0 Å². The average molecular weight is 754 g/mol. The number of nitrogens with zero attached hydrogens (tertiary/aromatic N) is 1. The van der Waals surface area contributed by atoms with E-state index in [0.29, 0.717) is 5.41 Å². The lowest BCUT2D eigenvalue weighted by molar-refractivity contribution is -0.231. The predicted octanol–water partition coefficient (Wildman–Crippen LogP) is 14.8. The third kappa shape index (κ3) is 3.91. The summed E-state index contributed by atoms with van der Waals surface area (Å²) in [5.74, 6) is 3.59. The zero-order valence-corrected chi connectivity index (χ0v) is 35.1. The molecule has 0 heterocycles. The summed E-state index contributed by atoms with van der Waals surface area (Å²) in [6, 6.07) is 50.2. The van der Waals surface area contributed by atoms with Crippen molar-refractivity contribution in [1.29, 1.82) is 0 Å². The van der Waals surface area contributed by atoms with Gasteiger partial charge in [0.15, 0.2) is 0 Å². The molecule has 0 amide bonds. The number of benzene rings is 6. The van der Waals surface area contributed by atoms with Crippen molar-refractivity contribution in [2.45, 2.75) is 102 Å². The summed E-state index contributed by atoms with van der Waals surface area (Å²) in [6.07, 6.45) is 8.33. The number of fused-ring (bicyclic) bond motifs is 12. The van der Waals surface area contributed by atoms with Gasteiger partial charge in [-0.25, -0.2) is 0 Å². The maximum Gasteiger partial charge on any atom is 0.0468 e. The SMILES string of the molecule is CC1(C)CCC(C)(C)c2c(-c3ccc(N(c4ccc5c(c4)-c4ccccc4C54C5CC6CC7CC4C75C6)c4ccc5c(c4)C(C)(C)c4ccccc4-5)cc3)cccc21. The fourth-order valence-corrected chi connectivity index (χ4v) is 15.5. The van der Waals surface area contributed by atoms with E-state index in [0.717, 1.165) is 23.7 Å². The maximum atomic E-state index is 2.59. The third-order valence-corrected chi connectivity index (χ3v) is 18.0. The van der Waals surface area contributed by atoms with Gasteiger partial charge < -0.3 is 4.90 Å². The second-order valence-corrected chi connectivity index (χ2v) is 21.6. The Labute approximate surface area is 345 Å². The van der Waals surface area contributed by atoms with Gasteiger partial charge in [-0.1, -0.05) is 133 Å². The first-order valence-corrected chi connectivity index (χ1v) is 22.5. The highest BCUT2D eigenvalue weighted by Crippen LogP contribution is 2.89. The fraction of sp³-hybridized carbons (Fsp3) is 0.368. The summed E-state index contributed by atoms with van der Waals surface area (Å²) in [5, 5.41) is 0. The van der Waals surface area contributed by atoms with Gasteiger partial charge in [-0.05, 0) is 182 Å². The topological polar surface area (TPSA) is 3.24 Å². The molecule has 7 aliphatic rings. The van der Waals surface area contributed by atoms with Gasteiger partial charge in [0.2, 0.25) is 0 Å². The number of hydrogen-bond acceptors (Lipinski definition) is 1. The van der Waals surface area contributed by atoms with E-state index >= 15 is 0 Å². The lowest BCUT2D eigenvalue weighted by Crippen LogP contribution is -2.73. The first kappa shape index (κ1) is 34.0. The van der Waals surface area contributed by atoms with Crippen LogP contribution in [0.4, 0.5) is 17.1 Å². The molecule has 2 spiro atoms. The second-order valence-electron chi connectivity index (χ2n) is 21.6. The molecule has 0 aromatic heterocycles. The second kappa shape index (κ2) is 10.8. The van der Waals surface area contributed by atoms with E-state index in [2.05, 4.69) is 174 Å². The molecular formula is C57H55N. The van der Waals surface area contributed by atoms with Crippen LogP contribution in [-0.4, -0.2) is 0 Å².